The van der Waals surface area contributed by atoms with Crippen LogP contribution in [0.3, 0.4) is 0 Å². The van der Waals surface area contributed by atoms with Crippen molar-refractivity contribution in [2.24, 2.45) is 0 Å². The molecule has 2 aromatic carbocycles. The lowest BCUT2D eigenvalue weighted by molar-refractivity contribution is -0.385. The molecule has 29 heavy (non-hydrogen) atoms. The third-order valence-electron chi connectivity index (χ3n) is 4.41. The minimum absolute atomic E-state index is 0.0525. The number of para-hydroxylation sites is 2. The van der Waals surface area contributed by atoms with Gasteiger partial charge in [0.05, 0.1) is 35.2 Å². The zero-order valence-corrected chi connectivity index (χ0v) is 15.3. The number of ether oxygens (including phenoxy) is 2. The van der Waals surface area contributed by atoms with Crippen molar-refractivity contribution in [2.45, 2.75) is 12.8 Å². The Morgan fingerprint density at radius 2 is 1.69 bits per heavy atom. The average Bonchev–Trinajstić information content (AvgIpc) is 3.18. The molecule has 0 aliphatic rings. The van der Waals surface area contributed by atoms with Crippen LogP contribution in [0.4, 0.5) is 5.69 Å². The van der Waals surface area contributed by atoms with Crippen LogP contribution >= 0.6 is 0 Å². The number of hydrogen-bond acceptors (Lipinski definition) is 7. The monoisotopic (exact) mass is 395 g/mol. The Balaban J connectivity index is 1.39. The molecule has 0 aliphatic heterocycles. The molecular weight excluding hydrogens is 378 g/mol. The molecule has 0 fully saturated rings. The van der Waals surface area contributed by atoms with E-state index in [9.17, 15) is 14.9 Å². The Bertz CT molecular complexity index is 1220. The van der Waals surface area contributed by atoms with Crippen molar-refractivity contribution in [3.8, 4) is 11.5 Å². The first kappa shape index (κ1) is 18.5. The van der Waals surface area contributed by atoms with Gasteiger partial charge in [0.2, 0.25) is 0 Å². The molecule has 8 nitrogen and oxygen atoms in total. The van der Waals surface area contributed by atoms with E-state index in [2.05, 4.69) is 0 Å². The minimum Gasteiger partial charge on any atom is -0.492 e. The molecule has 0 amide bonds. The first-order valence-electron chi connectivity index (χ1n) is 9.06. The third kappa shape index (κ3) is 3.91. The van der Waals surface area contributed by atoms with E-state index in [0.29, 0.717) is 48.4 Å². The van der Waals surface area contributed by atoms with Crippen molar-refractivity contribution in [3.05, 3.63) is 75.3 Å². The fourth-order valence-corrected chi connectivity index (χ4v) is 3.06. The van der Waals surface area contributed by atoms with Gasteiger partial charge in [-0.3, -0.25) is 10.1 Å². The highest BCUT2D eigenvalue weighted by Gasteiger charge is 2.14. The standard InChI is InChI=1S/C21H17NO7/c23-20-8-7-14-19(29-20)13-18-15(9-12-27-18)21(14)28-11-4-3-10-26-17-6-2-1-5-16(17)22(24)25/h1-2,5-9,12-13H,3-4,10-11H2. The van der Waals surface area contributed by atoms with Crippen LogP contribution in [-0.4, -0.2) is 18.1 Å². The van der Waals surface area contributed by atoms with Crippen LogP contribution in [-0.2, 0) is 0 Å². The fourth-order valence-electron chi connectivity index (χ4n) is 3.06. The van der Waals surface area contributed by atoms with Gasteiger partial charge >= 0.3 is 11.3 Å². The number of nitrogens with zero attached hydrogens (tertiary/aromatic N) is 1. The molecule has 0 atom stereocenters. The maximum absolute atomic E-state index is 11.5. The van der Waals surface area contributed by atoms with Crippen LogP contribution in [0.2, 0.25) is 0 Å². The summed E-state index contributed by atoms with van der Waals surface area (Å²) in [6, 6.07) is 12.8. The van der Waals surface area contributed by atoms with Crippen LogP contribution in [0.15, 0.2) is 68.4 Å². The van der Waals surface area contributed by atoms with Crippen molar-refractivity contribution in [3.63, 3.8) is 0 Å². The normalized spacial score (nSPS) is 11.0. The quantitative estimate of drug-likeness (QED) is 0.184. The lowest BCUT2D eigenvalue weighted by Crippen LogP contribution is -2.04. The smallest absolute Gasteiger partial charge is 0.336 e. The number of furan rings is 1. The molecule has 0 saturated carbocycles. The van der Waals surface area contributed by atoms with Gasteiger partial charge in [-0.1, -0.05) is 12.1 Å². The van der Waals surface area contributed by atoms with Crippen LogP contribution in [0.1, 0.15) is 12.8 Å². The SMILES string of the molecule is O=c1ccc2c(OCCCCOc3ccccc3[N+](=O)[O-])c3ccoc3cc2o1. The zero-order chi connectivity index (χ0) is 20.2. The third-order valence-corrected chi connectivity index (χ3v) is 4.41. The summed E-state index contributed by atoms with van der Waals surface area (Å²) in [5.41, 5.74) is 0.473. The van der Waals surface area contributed by atoms with Crippen molar-refractivity contribution >= 4 is 27.6 Å². The highest BCUT2D eigenvalue weighted by Crippen LogP contribution is 2.35. The number of rotatable bonds is 8. The van der Waals surface area contributed by atoms with Gasteiger partial charge in [0, 0.05) is 18.2 Å². The lowest BCUT2D eigenvalue weighted by atomic mass is 10.1. The molecule has 0 aliphatic carbocycles. The van der Waals surface area contributed by atoms with E-state index < -0.39 is 10.5 Å². The number of unbranched alkanes of at least 4 members (excludes halogenated alkanes) is 1. The highest BCUT2D eigenvalue weighted by atomic mass is 16.6. The van der Waals surface area contributed by atoms with Gasteiger partial charge in [-0.15, -0.1) is 0 Å². The van der Waals surface area contributed by atoms with E-state index in [1.807, 2.05) is 0 Å². The van der Waals surface area contributed by atoms with Gasteiger partial charge in [-0.25, -0.2) is 4.79 Å². The Morgan fingerprint density at radius 3 is 2.52 bits per heavy atom. The molecule has 0 radical (unpaired) electrons. The first-order valence-corrected chi connectivity index (χ1v) is 9.06. The average molecular weight is 395 g/mol. The maximum Gasteiger partial charge on any atom is 0.336 e. The number of nitro benzene ring substituents is 1. The molecule has 8 heteroatoms. The molecule has 0 bridgehead atoms. The van der Waals surface area contributed by atoms with E-state index in [1.54, 1.807) is 42.7 Å². The number of benzene rings is 2. The van der Waals surface area contributed by atoms with Gasteiger partial charge in [-0.2, -0.15) is 0 Å². The molecule has 0 unspecified atom stereocenters. The van der Waals surface area contributed by atoms with E-state index in [1.165, 1.54) is 12.1 Å². The summed E-state index contributed by atoms with van der Waals surface area (Å²) >= 11 is 0. The summed E-state index contributed by atoms with van der Waals surface area (Å²) in [6.45, 7) is 0.735. The van der Waals surface area contributed by atoms with E-state index in [0.717, 1.165) is 5.39 Å². The van der Waals surface area contributed by atoms with Crippen LogP contribution in [0.5, 0.6) is 11.5 Å². The minimum atomic E-state index is -0.465. The predicted molar refractivity (Wildman–Crippen MR) is 106 cm³/mol. The molecule has 4 rings (SSSR count). The van der Waals surface area contributed by atoms with E-state index >= 15 is 0 Å². The molecule has 0 spiro atoms. The lowest BCUT2D eigenvalue weighted by Gasteiger charge is -2.10. The summed E-state index contributed by atoms with van der Waals surface area (Å²) < 4.78 is 22.1. The Morgan fingerprint density at radius 1 is 0.931 bits per heavy atom. The van der Waals surface area contributed by atoms with Gasteiger partial charge in [0.1, 0.15) is 16.9 Å². The van der Waals surface area contributed by atoms with Crippen LogP contribution in [0.25, 0.3) is 21.9 Å². The maximum atomic E-state index is 11.5. The van der Waals surface area contributed by atoms with Gasteiger partial charge in [-0.05, 0) is 31.0 Å². The topological polar surface area (TPSA) is 105 Å². The van der Waals surface area contributed by atoms with Crippen molar-refractivity contribution in [1.82, 2.24) is 0 Å². The first-order chi connectivity index (χ1) is 14.1. The molecule has 0 N–H and O–H groups in total. The number of fused-ring (bicyclic) bond motifs is 2. The van der Waals surface area contributed by atoms with Crippen molar-refractivity contribution in [1.29, 1.82) is 0 Å². The summed E-state index contributed by atoms with van der Waals surface area (Å²) in [5, 5.41) is 12.5. The van der Waals surface area contributed by atoms with Gasteiger partial charge in [0.25, 0.3) is 0 Å². The van der Waals surface area contributed by atoms with Crippen molar-refractivity contribution in [2.75, 3.05) is 13.2 Å². The Hall–Kier alpha value is -3.81. The summed E-state index contributed by atoms with van der Waals surface area (Å²) in [6.07, 6.45) is 2.88. The predicted octanol–water partition coefficient (Wildman–Crippen LogP) is 4.69. The van der Waals surface area contributed by atoms with Gasteiger partial charge < -0.3 is 18.3 Å². The Kier molecular flexibility index (Phi) is 5.15. The summed E-state index contributed by atoms with van der Waals surface area (Å²) in [4.78, 5) is 22.0. The second-order valence-corrected chi connectivity index (χ2v) is 6.33. The molecule has 2 aromatic heterocycles. The largest absolute Gasteiger partial charge is 0.492 e. The highest BCUT2D eigenvalue weighted by molar-refractivity contribution is 6.01. The molecule has 4 aromatic rings. The van der Waals surface area contributed by atoms with E-state index in [4.69, 9.17) is 18.3 Å². The number of nitro groups is 1. The summed E-state index contributed by atoms with van der Waals surface area (Å²) in [5.74, 6) is 0.845. The van der Waals surface area contributed by atoms with Gasteiger partial charge in [0.15, 0.2) is 5.75 Å². The summed E-state index contributed by atoms with van der Waals surface area (Å²) in [7, 11) is 0. The second kappa shape index (κ2) is 8.05. The number of hydrogen-bond donors (Lipinski definition) is 0. The zero-order valence-electron chi connectivity index (χ0n) is 15.3. The van der Waals surface area contributed by atoms with Crippen molar-refractivity contribution < 1.29 is 23.2 Å². The molecule has 148 valence electrons. The molecular formula is C21H17NO7. The van der Waals surface area contributed by atoms with E-state index in [-0.39, 0.29) is 11.4 Å². The molecule has 2 heterocycles. The second-order valence-electron chi connectivity index (χ2n) is 6.33. The Labute approximate surface area is 164 Å². The molecule has 0 saturated heterocycles. The fraction of sp³-hybridized carbons (Fsp3) is 0.190. The van der Waals surface area contributed by atoms with Crippen LogP contribution < -0.4 is 15.1 Å². The van der Waals surface area contributed by atoms with Crippen LogP contribution in [0, 0.1) is 10.1 Å².